The normalized spacial score (nSPS) is 16.2. The Bertz CT molecular complexity index is 1800. The van der Waals surface area contributed by atoms with Gasteiger partial charge in [-0.1, -0.05) is 112 Å². The molecule has 4 heteroatoms. The first-order valence-corrected chi connectivity index (χ1v) is 14.7. The molecule has 1 N–H and O–H groups in total. The molecule has 0 saturated carbocycles. The van der Waals surface area contributed by atoms with Crippen LogP contribution in [0.15, 0.2) is 134 Å². The van der Waals surface area contributed by atoms with E-state index in [0.29, 0.717) is 17.6 Å². The van der Waals surface area contributed by atoms with Gasteiger partial charge >= 0.3 is 0 Å². The van der Waals surface area contributed by atoms with E-state index in [4.69, 9.17) is 0 Å². The number of hydrogen-bond acceptors (Lipinski definition) is 3. The summed E-state index contributed by atoms with van der Waals surface area (Å²) in [5.74, 6) is 1.22. The van der Waals surface area contributed by atoms with Crippen molar-refractivity contribution < 1.29 is 25.2 Å². The minimum absolute atomic E-state index is 0. The second kappa shape index (κ2) is 13.5. The molecule has 0 saturated heterocycles. The monoisotopic (exact) mass is 752 g/mol. The number of nitrogens with zero attached hydrogens (tertiary/aromatic N) is 2. The Hall–Kier alpha value is -4.37. The van der Waals surface area contributed by atoms with Crippen molar-refractivity contribution >= 4 is 6.08 Å². The van der Waals surface area contributed by atoms with Gasteiger partial charge in [0, 0.05) is 49.5 Å². The fourth-order valence-electron chi connectivity index (χ4n) is 5.50. The largest absolute Gasteiger partial charge is 0.507 e. The third-order valence-electron chi connectivity index (χ3n) is 8.02. The third-order valence-corrected chi connectivity index (χ3v) is 8.02. The molecule has 0 aliphatic heterocycles. The standard InChI is InChI=1S/C21H21NO.C19H14N.Ir/c1-21(2,3)17-12-13-19(22-14-17)16-10-8-15(9-11-16)18-6-4-5-7-20(18)23;1-2-6-17-14(5-1)8-9-15-10-11-16(13-18(15)17)19-7-3-4-12-20-19;/h4-14,23H,1-3H3;1-10,12-14,17H;/q;-1;. The number of phenols is 1. The zero-order valence-corrected chi connectivity index (χ0v) is 27.5. The van der Waals surface area contributed by atoms with Gasteiger partial charge in [0.25, 0.3) is 0 Å². The van der Waals surface area contributed by atoms with Crippen LogP contribution in [0.25, 0.3) is 39.7 Å². The Balaban J connectivity index is 0.000000172. The maximum Gasteiger partial charge on any atom is 0.123 e. The average molecular weight is 752 g/mol. The summed E-state index contributed by atoms with van der Waals surface area (Å²) in [6.07, 6.45) is 17.1. The van der Waals surface area contributed by atoms with E-state index in [-0.39, 0.29) is 25.5 Å². The molecule has 221 valence electrons. The molecule has 5 aromatic rings. The van der Waals surface area contributed by atoms with Gasteiger partial charge in [-0.25, -0.2) is 0 Å². The number of rotatable bonds is 3. The molecule has 0 spiro atoms. The first kappa shape index (κ1) is 31.1. The zero-order valence-electron chi connectivity index (χ0n) is 25.1. The Morgan fingerprint density at radius 3 is 2.20 bits per heavy atom. The molecule has 3 aromatic carbocycles. The van der Waals surface area contributed by atoms with Gasteiger partial charge in [-0.15, -0.1) is 41.0 Å². The quantitative estimate of drug-likeness (QED) is 0.187. The van der Waals surface area contributed by atoms with Crippen LogP contribution in [-0.2, 0) is 25.5 Å². The minimum atomic E-state index is 0. The third kappa shape index (κ3) is 6.89. The van der Waals surface area contributed by atoms with Crippen LogP contribution in [0.5, 0.6) is 5.75 Å². The summed E-state index contributed by atoms with van der Waals surface area (Å²) in [5.41, 5.74) is 9.91. The van der Waals surface area contributed by atoms with Crippen molar-refractivity contribution in [1.82, 2.24) is 9.97 Å². The number of para-hydroxylation sites is 1. The molecule has 44 heavy (non-hydrogen) atoms. The summed E-state index contributed by atoms with van der Waals surface area (Å²) in [4.78, 5) is 9.01. The molecular weight excluding hydrogens is 717 g/mol. The van der Waals surface area contributed by atoms with Crippen molar-refractivity contribution in [3.8, 4) is 39.4 Å². The summed E-state index contributed by atoms with van der Waals surface area (Å²) < 4.78 is 0. The second-order valence-corrected chi connectivity index (χ2v) is 12.0. The van der Waals surface area contributed by atoms with Gasteiger partial charge in [-0.3, -0.25) is 4.98 Å². The van der Waals surface area contributed by atoms with Gasteiger partial charge in [-0.05, 0) is 46.4 Å². The molecule has 2 aromatic heterocycles. The van der Waals surface area contributed by atoms with Gasteiger partial charge in [0.15, 0.2) is 0 Å². The van der Waals surface area contributed by atoms with Crippen LogP contribution in [0.2, 0.25) is 0 Å². The number of aromatic hydroxyl groups is 1. The van der Waals surface area contributed by atoms with Crippen molar-refractivity contribution in [2.45, 2.75) is 32.1 Å². The number of phenolic OH excluding ortho intramolecular Hbond substituents is 1. The molecule has 0 amide bonds. The van der Waals surface area contributed by atoms with Crippen LogP contribution in [0.1, 0.15) is 43.4 Å². The smallest absolute Gasteiger partial charge is 0.123 e. The minimum Gasteiger partial charge on any atom is -0.507 e. The Labute approximate surface area is 274 Å². The van der Waals surface area contributed by atoms with E-state index in [2.05, 4.69) is 97.5 Å². The van der Waals surface area contributed by atoms with Gasteiger partial charge in [0.2, 0.25) is 0 Å². The summed E-state index contributed by atoms with van der Waals surface area (Å²) in [6.45, 7) is 6.56. The number of benzene rings is 3. The number of aromatic nitrogens is 2. The van der Waals surface area contributed by atoms with E-state index in [1.54, 1.807) is 6.07 Å². The Morgan fingerprint density at radius 1 is 0.750 bits per heavy atom. The molecule has 1 radical (unpaired) electrons. The average Bonchev–Trinajstić information content (AvgIpc) is 3.05. The zero-order chi connectivity index (χ0) is 29.8. The van der Waals surface area contributed by atoms with Crippen molar-refractivity contribution in [3.05, 3.63) is 157 Å². The summed E-state index contributed by atoms with van der Waals surface area (Å²) in [5, 5.41) is 9.94. The molecule has 2 heterocycles. The molecule has 3 nitrogen and oxygen atoms in total. The van der Waals surface area contributed by atoms with E-state index < -0.39 is 0 Å². The molecule has 2 unspecified atom stereocenters. The van der Waals surface area contributed by atoms with Gasteiger partial charge in [0.1, 0.15) is 5.75 Å². The Kier molecular flexibility index (Phi) is 9.54. The predicted molar refractivity (Wildman–Crippen MR) is 178 cm³/mol. The van der Waals surface area contributed by atoms with Crippen LogP contribution >= 0.6 is 0 Å². The van der Waals surface area contributed by atoms with E-state index in [1.807, 2.05) is 73.1 Å². The fraction of sp³-hybridized carbons (Fsp3) is 0.150. The van der Waals surface area contributed by atoms with Crippen LogP contribution in [0, 0.1) is 12.0 Å². The molecule has 0 fully saturated rings. The summed E-state index contributed by atoms with van der Waals surface area (Å²) in [7, 11) is 0. The molecule has 2 atom stereocenters. The Morgan fingerprint density at radius 2 is 1.50 bits per heavy atom. The van der Waals surface area contributed by atoms with E-state index in [9.17, 15) is 5.11 Å². The first-order chi connectivity index (χ1) is 20.9. The van der Waals surface area contributed by atoms with Crippen molar-refractivity contribution in [2.24, 2.45) is 5.92 Å². The summed E-state index contributed by atoms with van der Waals surface area (Å²) in [6, 6.07) is 33.4. The number of allylic oxidation sites excluding steroid dienone is 5. The second-order valence-electron chi connectivity index (χ2n) is 12.0. The molecule has 7 rings (SSSR count). The SMILES string of the molecule is CC(C)(C)c1ccc(-c2ccc(-c3ccccc3O)cc2)nc1.[Ir].[c-]1cc2c(cc1-c1ccccn1)C1C=CC=CC1C=C2. The van der Waals surface area contributed by atoms with E-state index >= 15 is 0 Å². The molecule has 0 bridgehead atoms. The van der Waals surface area contributed by atoms with Crippen LogP contribution in [0.4, 0.5) is 0 Å². The van der Waals surface area contributed by atoms with Crippen molar-refractivity contribution in [1.29, 1.82) is 0 Å². The van der Waals surface area contributed by atoms with E-state index in [1.165, 1.54) is 16.7 Å². The first-order valence-electron chi connectivity index (χ1n) is 14.7. The molecule has 2 aliphatic rings. The number of fused-ring (bicyclic) bond motifs is 3. The van der Waals surface area contributed by atoms with Gasteiger partial charge in [-0.2, -0.15) is 0 Å². The van der Waals surface area contributed by atoms with Crippen LogP contribution in [0.3, 0.4) is 0 Å². The fourth-order valence-corrected chi connectivity index (χ4v) is 5.50. The van der Waals surface area contributed by atoms with Gasteiger partial charge in [0.05, 0.1) is 5.69 Å². The number of pyridine rings is 2. The topological polar surface area (TPSA) is 46.0 Å². The van der Waals surface area contributed by atoms with Crippen LogP contribution < -0.4 is 0 Å². The van der Waals surface area contributed by atoms with Crippen molar-refractivity contribution in [2.75, 3.05) is 0 Å². The molecule has 2 aliphatic carbocycles. The maximum atomic E-state index is 9.94. The van der Waals surface area contributed by atoms with Crippen LogP contribution in [-0.4, -0.2) is 15.1 Å². The van der Waals surface area contributed by atoms with E-state index in [0.717, 1.165) is 33.6 Å². The summed E-state index contributed by atoms with van der Waals surface area (Å²) >= 11 is 0. The molecular formula is C40H35IrN2O-. The van der Waals surface area contributed by atoms with Gasteiger partial charge < -0.3 is 10.1 Å². The van der Waals surface area contributed by atoms with Crippen molar-refractivity contribution in [3.63, 3.8) is 0 Å². The predicted octanol–water partition coefficient (Wildman–Crippen LogP) is 9.82. The number of hydrogen-bond donors (Lipinski definition) is 1. The maximum absolute atomic E-state index is 9.94.